The van der Waals surface area contributed by atoms with Crippen molar-refractivity contribution in [3.05, 3.63) is 62.2 Å². The number of benzene rings is 1. The fraction of sp³-hybridized carbons (Fsp3) is 0.188. The second-order valence-electron chi connectivity index (χ2n) is 5.21. The first-order chi connectivity index (χ1) is 11.9. The first-order valence-electron chi connectivity index (χ1n) is 7.29. The van der Waals surface area contributed by atoms with E-state index in [1.807, 2.05) is 13.0 Å². The molecular formula is C16H13N3O5S. The number of aryl methyl sites for hydroxylation is 1. The van der Waals surface area contributed by atoms with Gasteiger partial charge in [0, 0.05) is 22.6 Å². The molecule has 0 radical (unpaired) electrons. The van der Waals surface area contributed by atoms with Crippen molar-refractivity contribution in [1.82, 2.24) is 10.2 Å². The minimum absolute atomic E-state index is 0.0305. The van der Waals surface area contributed by atoms with Crippen molar-refractivity contribution < 1.29 is 18.9 Å². The van der Waals surface area contributed by atoms with Crippen LogP contribution >= 0.6 is 11.3 Å². The van der Waals surface area contributed by atoms with Crippen LogP contribution < -0.4 is 0 Å². The van der Waals surface area contributed by atoms with Crippen molar-refractivity contribution in [3.8, 4) is 11.5 Å². The van der Waals surface area contributed by atoms with Crippen LogP contribution in [-0.4, -0.2) is 21.1 Å². The number of rotatable bonds is 5. The summed E-state index contributed by atoms with van der Waals surface area (Å²) in [5, 5.41) is 18.4. The van der Waals surface area contributed by atoms with Crippen LogP contribution in [0.25, 0.3) is 11.5 Å². The highest BCUT2D eigenvalue weighted by Crippen LogP contribution is 2.25. The summed E-state index contributed by atoms with van der Waals surface area (Å²) in [7, 11) is 0. The van der Waals surface area contributed by atoms with Gasteiger partial charge < -0.3 is 9.15 Å². The molecule has 0 saturated carbocycles. The molecule has 128 valence electrons. The average Bonchev–Trinajstić information content (AvgIpc) is 3.24. The largest absolute Gasteiger partial charge is 0.448 e. The number of nitrogens with zero attached hydrogens (tertiary/aromatic N) is 3. The number of carbonyl (C=O) groups excluding carboxylic acids is 1. The predicted molar refractivity (Wildman–Crippen MR) is 89.3 cm³/mol. The average molecular weight is 359 g/mol. The summed E-state index contributed by atoms with van der Waals surface area (Å²) in [6, 6.07) is 9.27. The number of nitro benzene ring substituents is 1. The molecule has 0 fully saturated rings. The van der Waals surface area contributed by atoms with Gasteiger partial charge in [0.2, 0.25) is 5.89 Å². The van der Waals surface area contributed by atoms with E-state index in [1.54, 1.807) is 13.0 Å². The molecule has 1 aromatic carbocycles. The first-order valence-corrected chi connectivity index (χ1v) is 8.11. The predicted octanol–water partition coefficient (Wildman–Crippen LogP) is 3.93. The Morgan fingerprint density at radius 2 is 1.96 bits per heavy atom. The second kappa shape index (κ2) is 6.81. The van der Waals surface area contributed by atoms with E-state index < -0.39 is 17.0 Å². The van der Waals surface area contributed by atoms with Crippen LogP contribution in [-0.2, 0) is 4.74 Å². The Hall–Kier alpha value is -3.07. The minimum Gasteiger partial charge on any atom is -0.448 e. The first kappa shape index (κ1) is 16.8. The lowest BCUT2D eigenvalue weighted by Gasteiger charge is -2.07. The Kier molecular flexibility index (Phi) is 4.57. The summed E-state index contributed by atoms with van der Waals surface area (Å²) in [6.45, 7) is 3.53. The summed E-state index contributed by atoms with van der Waals surface area (Å²) in [5.74, 6) is -0.115. The number of esters is 1. The Bertz CT molecular complexity index is 916. The summed E-state index contributed by atoms with van der Waals surface area (Å²) < 4.78 is 10.8. The molecule has 25 heavy (non-hydrogen) atoms. The standard InChI is InChI=1S/C16H13N3O5S/c1-9-3-8-13(25-9)16(20)23-10(2)14-17-18-15(24-14)11-4-6-12(7-5-11)19(21)22/h3-8,10H,1-2H3/t10-/m0/s1. The zero-order valence-electron chi connectivity index (χ0n) is 13.3. The monoisotopic (exact) mass is 359 g/mol. The molecule has 0 unspecified atom stereocenters. The molecule has 3 rings (SSSR count). The molecule has 2 aromatic heterocycles. The van der Waals surface area contributed by atoms with Crippen LogP contribution in [0.15, 0.2) is 40.8 Å². The SMILES string of the molecule is Cc1ccc(C(=O)O[C@@H](C)c2nnc(-c3ccc([N+](=O)[O-])cc3)o2)s1. The van der Waals surface area contributed by atoms with Gasteiger partial charge in [-0.2, -0.15) is 0 Å². The molecule has 0 aliphatic carbocycles. The molecule has 0 spiro atoms. The summed E-state index contributed by atoms with van der Waals surface area (Å²) in [5.41, 5.74) is 0.508. The van der Waals surface area contributed by atoms with Gasteiger partial charge in [-0.25, -0.2) is 4.79 Å². The lowest BCUT2D eigenvalue weighted by Crippen LogP contribution is -2.08. The third-order valence-electron chi connectivity index (χ3n) is 3.34. The van der Waals surface area contributed by atoms with Crippen LogP contribution in [0, 0.1) is 17.0 Å². The quantitative estimate of drug-likeness (QED) is 0.386. The van der Waals surface area contributed by atoms with Gasteiger partial charge in [0.15, 0.2) is 6.10 Å². The number of thiophene rings is 1. The highest BCUT2D eigenvalue weighted by molar-refractivity contribution is 7.13. The summed E-state index contributed by atoms with van der Waals surface area (Å²) in [6.07, 6.45) is -0.714. The van der Waals surface area contributed by atoms with Crippen molar-refractivity contribution in [2.24, 2.45) is 0 Å². The number of non-ortho nitro benzene ring substituents is 1. The Morgan fingerprint density at radius 3 is 2.56 bits per heavy atom. The van der Waals surface area contributed by atoms with Gasteiger partial charge in [0.05, 0.1) is 4.92 Å². The molecule has 8 nitrogen and oxygen atoms in total. The Labute approximate surface area is 146 Å². The van der Waals surface area contributed by atoms with Crippen molar-refractivity contribution in [3.63, 3.8) is 0 Å². The highest BCUT2D eigenvalue weighted by Gasteiger charge is 2.21. The Balaban J connectivity index is 1.72. The molecule has 2 heterocycles. The number of nitro groups is 1. The van der Waals surface area contributed by atoms with Gasteiger partial charge in [-0.05, 0) is 38.1 Å². The normalized spacial score (nSPS) is 11.9. The van der Waals surface area contributed by atoms with Gasteiger partial charge in [-0.3, -0.25) is 10.1 Å². The maximum absolute atomic E-state index is 12.1. The molecule has 0 amide bonds. The molecule has 0 aliphatic rings. The third kappa shape index (κ3) is 3.72. The second-order valence-corrected chi connectivity index (χ2v) is 6.50. The van der Waals surface area contributed by atoms with E-state index >= 15 is 0 Å². The minimum atomic E-state index is -0.714. The van der Waals surface area contributed by atoms with E-state index in [0.29, 0.717) is 10.4 Å². The molecule has 9 heteroatoms. The van der Waals surface area contributed by atoms with Crippen molar-refractivity contribution in [2.75, 3.05) is 0 Å². The topological polar surface area (TPSA) is 108 Å². The number of carbonyl (C=O) groups is 1. The number of hydrogen-bond donors (Lipinski definition) is 0. The zero-order chi connectivity index (χ0) is 18.0. The van der Waals surface area contributed by atoms with E-state index in [-0.39, 0.29) is 17.5 Å². The van der Waals surface area contributed by atoms with Crippen molar-refractivity contribution in [2.45, 2.75) is 20.0 Å². The van der Waals surface area contributed by atoms with E-state index in [4.69, 9.17) is 9.15 Å². The molecule has 0 bridgehead atoms. The van der Waals surface area contributed by atoms with Gasteiger partial charge in [0.25, 0.3) is 11.6 Å². The highest BCUT2D eigenvalue weighted by atomic mass is 32.1. The van der Waals surface area contributed by atoms with Crippen LogP contribution in [0.4, 0.5) is 5.69 Å². The number of ether oxygens (including phenoxy) is 1. The van der Waals surface area contributed by atoms with Gasteiger partial charge >= 0.3 is 5.97 Å². The van der Waals surface area contributed by atoms with E-state index in [0.717, 1.165) is 4.88 Å². The Morgan fingerprint density at radius 1 is 1.24 bits per heavy atom. The molecule has 1 atom stereocenters. The van der Waals surface area contributed by atoms with Gasteiger partial charge in [-0.15, -0.1) is 21.5 Å². The molecule has 0 aliphatic heterocycles. The smallest absolute Gasteiger partial charge is 0.349 e. The zero-order valence-corrected chi connectivity index (χ0v) is 14.1. The van der Waals surface area contributed by atoms with Gasteiger partial charge in [-0.1, -0.05) is 0 Å². The van der Waals surface area contributed by atoms with E-state index in [2.05, 4.69) is 10.2 Å². The lowest BCUT2D eigenvalue weighted by molar-refractivity contribution is -0.384. The summed E-state index contributed by atoms with van der Waals surface area (Å²) in [4.78, 5) is 23.7. The molecular weight excluding hydrogens is 346 g/mol. The fourth-order valence-corrected chi connectivity index (χ4v) is 2.81. The van der Waals surface area contributed by atoms with Crippen LogP contribution in [0.3, 0.4) is 0 Å². The molecule has 0 saturated heterocycles. The van der Waals surface area contributed by atoms with Crippen LogP contribution in [0.1, 0.15) is 33.5 Å². The fourth-order valence-electron chi connectivity index (χ4n) is 2.05. The van der Waals surface area contributed by atoms with Crippen LogP contribution in [0.2, 0.25) is 0 Å². The van der Waals surface area contributed by atoms with E-state index in [9.17, 15) is 14.9 Å². The third-order valence-corrected chi connectivity index (χ3v) is 4.32. The molecule has 0 N–H and O–H groups in total. The van der Waals surface area contributed by atoms with Gasteiger partial charge in [0.1, 0.15) is 4.88 Å². The maximum Gasteiger partial charge on any atom is 0.349 e. The summed E-state index contributed by atoms with van der Waals surface area (Å²) >= 11 is 1.34. The maximum atomic E-state index is 12.1. The lowest BCUT2D eigenvalue weighted by atomic mass is 10.2. The number of hydrogen-bond acceptors (Lipinski definition) is 8. The van der Waals surface area contributed by atoms with Crippen molar-refractivity contribution in [1.29, 1.82) is 0 Å². The number of aromatic nitrogens is 2. The van der Waals surface area contributed by atoms with E-state index in [1.165, 1.54) is 35.6 Å². The van der Waals surface area contributed by atoms with Crippen LogP contribution in [0.5, 0.6) is 0 Å². The van der Waals surface area contributed by atoms with Crippen molar-refractivity contribution >= 4 is 23.0 Å². The molecule has 3 aromatic rings.